The highest BCUT2D eigenvalue weighted by Gasteiger charge is 2.53. The van der Waals surface area contributed by atoms with E-state index in [-0.39, 0.29) is 17.5 Å². The van der Waals surface area contributed by atoms with E-state index >= 15 is 0 Å². The fourth-order valence-corrected chi connectivity index (χ4v) is 8.20. The molecule has 1 saturated carbocycles. The number of carbonyl (C=O) groups is 2. The number of phenols is 2. The van der Waals surface area contributed by atoms with Gasteiger partial charge in [-0.25, -0.2) is 9.59 Å². The lowest BCUT2D eigenvalue weighted by Gasteiger charge is -2.43. The Labute approximate surface area is 310 Å². The number of esters is 1. The molecule has 5 N–H and O–H groups in total. The second kappa shape index (κ2) is 14.5. The number of ether oxygens (including phenoxy) is 6. The molecule has 0 bridgehead atoms. The number of carbonyl (C=O) groups excluding carboxylic acids is 1. The third kappa shape index (κ3) is 6.59. The van der Waals surface area contributed by atoms with Crippen LogP contribution in [0.15, 0.2) is 48.5 Å². The van der Waals surface area contributed by atoms with Gasteiger partial charge in [0.25, 0.3) is 0 Å². The van der Waals surface area contributed by atoms with Crippen molar-refractivity contribution in [3.63, 3.8) is 0 Å². The van der Waals surface area contributed by atoms with Crippen LogP contribution in [0.3, 0.4) is 0 Å². The highest BCUT2D eigenvalue weighted by Crippen LogP contribution is 2.47. The van der Waals surface area contributed by atoms with Gasteiger partial charge < -0.3 is 54.0 Å². The van der Waals surface area contributed by atoms with E-state index in [0.29, 0.717) is 47.9 Å². The van der Waals surface area contributed by atoms with Crippen LogP contribution >= 0.6 is 0 Å². The lowest BCUT2D eigenvalue weighted by atomic mass is 9.79. The second-order valence-electron chi connectivity index (χ2n) is 14.0. The molecule has 54 heavy (non-hydrogen) atoms. The van der Waals surface area contributed by atoms with Crippen LogP contribution in [-0.2, 0) is 32.0 Å². The molecule has 3 aliphatic rings. The van der Waals surface area contributed by atoms with Gasteiger partial charge >= 0.3 is 11.9 Å². The summed E-state index contributed by atoms with van der Waals surface area (Å²) in [6.07, 6.45) is -1.18. The number of aliphatic hydroxyl groups excluding tert-OH is 1. The predicted molar refractivity (Wildman–Crippen MR) is 195 cm³/mol. The topological polar surface area (TPSA) is 194 Å². The number of hydrogen-bond donors (Lipinski definition) is 5. The van der Waals surface area contributed by atoms with Gasteiger partial charge in [0.1, 0.15) is 18.4 Å². The minimum atomic E-state index is -2.33. The van der Waals surface area contributed by atoms with Gasteiger partial charge in [0.15, 0.2) is 40.1 Å². The van der Waals surface area contributed by atoms with Crippen molar-refractivity contribution in [2.24, 2.45) is 0 Å². The van der Waals surface area contributed by atoms with Gasteiger partial charge in [-0.2, -0.15) is 0 Å². The Kier molecular flexibility index (Phi) is 9.96. The van der Waals surface area contributed by atoms with Gasteiger partial charge in [-0.3, -0.25) is 4.90 Å². The van der Waals surface area contributed by atoms with E-state index in [9.17, 15) is 35.1 Å². The molecule has 2 fully saturated rings. The highest BCUT2D eigenvalue weighted by molar-refractivity contribution is 6.13. The summed E-state index contributed by atoms with van der Waals surface area (Å²) in [6.45, 7) is 0.461. The first-order chi connectivity index (χ1) is 25.9. The standard InChI is InChI=1S/C40H43NO13/c1-49-30-13-23-22-12-21-7-9-36(41(21)19-27(22)26-16-33(52-4)32(51-3)15-25(26)24(23)14-31(30)50-2)53-34-17-40(48,39(46)47)18-35(38(34)45)54-37(44)10-6-20-5-8-28(42)29(43)11-20/h5-6,8,10-11,13-16,21,34-36,38,42-43,45,48H,7,9,12,17-19H2,1-4H3,(H,46,47). The van der Waals surface area contributed by atoms with E-state index < -0.39 is 54.9 Å². The zero-order valence-electron chi connectivity index (χ0n) is 30.3. The normalized spacial score (nSPS) is 25.3. The number of aliphatic hydroxyl groups is 2. The summed E-state index contributed by atoms with van der Waals surface area (Å²) in [6, 6.07) is 11.9. The molecule has 2 aliphatic heterocycles. The number of rotatable bonds is 10. The maximum absolute atomic E-state index is 12.8. The highest BCUT2D eigenvalue weighted by atomic mass is 16.6. The molecule has 6 unspecified atom stereocenters. The number of fused-ring (bicyclic) bond motifs is 7. The van der Waals surface area contributed by atoms with Gasteiger partial charge in [-0.15, -0.1) is 0 Å². The monoisotopic (exact) mass is 745 g/mol. The lowest BCUT2D eigenvalue weighted by molar-refractivity contribution is -0.219. The summed E-state index contributed by atoms with van der Waals surface area (Å²) < 4.78 is 34.8. The molecule has 0 aromatic heterocycles. The minimum absolute atomic E-state index is 0.0496. The van der Waals surface area contributed by atoms with Crippen LogP contribution < -0.4 is 18.9 Å². The first-order valence-electron chi connectivity index (χ1n) is 17.6. The molecule has 4 aromatic rings. The number of benzene rings is 4. The molecule has 6 atom stereocenters. The lowest BCUT2D eigenvalue weighted by Crippen LogP contribution is -2.59. The van der Waals surface area contributed by atoms with E-state index in [1.165, 1.54) is 24.3 Å². The molecule has 14 nitrogen and oxygen atoms in total. The molecule has 0 radical (unpaired) electrons. The second-order valence-corrected chi connectivity index (χ2v) is 14.0. The van der Waals surface area contributed by atoms with Crippen LogP contribution in [-0.4, -0.2) is 107 Å². The number of hydrogen-bond acceptors (Lipinski definition) is 13. The summed E-state index contributed by atoms with van der Waals surface area (Å²) in [5.41, 5.74) is 0.238. The van der Waals surface area contributed by atoms with Crippen LogP contribution in [0.4, 0.5) is 0 Å². The first-order valence-corrected chi connectivity index (χ1v) is 17.6. The van der Waals surface area contributed by atoms with Crippen LogP contribution in [0.1, 0.15) is 42.4 Å². The van der Waals surface area contributed by atoms with E-state index in [2.05, 4.69) is 4.90 Å². The van der Waals surface area contributed by atoms with E-state index in [1.54, 1.807) is 28.4 Å². The van der Waals surface area contributed by atoms with Crippen molar-refractivity contribution >= 4 is 39.6 Å². The maximum atomic E-state index is 12.8. The average molecular weight is 746 g/mol. The Balaban J connectivity index is 1.19. The van der Waals surface area contributed by atoms with Crippen molar-refractivity contribution in [3.05, 3.63) is 65.2 Å². The van der Waals surface area contributed by atoms with E-state index in [1.807, 2.05) is 24.3 Å². The number of aromatic hydroxyl groups is 2. The molecule has 0 amide bonds. The number of phenolic OH excluding ortho intramolecular Hbond substituents is 2. The van der Waals surface area contributed by atoms with Crippen molar-refractivity contribution in [2.45, 2.75) is 74.8 Å². The largest absolute Gasteiger partial charge is 0.504 e. The Morgan fingerprint density at radius 2 is 1.35 bits per heavy atom. The molecule has 2 heterocycles. The number of methoxy groups -OCH3 is 4. The molecule has 4 aromatic carbocycles. The van der Waals surface area contributed by atoms with Crippen LogP contribution in [0.5, 0.6) is 34.5 Å². The number of aliphatic carboxylic acids is 1. The zero-order chi connectivity index (χ0) is 38.5. The number of nitrogens with zero attached hydrogens (tertiary/aromatic N) is 1. The Hall–Kier alpha value is -5.28. The smallest absolute Gasteiger partial charge is 0.335 e. The van der Waals surface area contributed by atoms with Gasteiger partial charge in [0.05, 0.1) is 34.5 Å². The van der Waals surface area contributed by atoms with Crippen LogP contribution in [0.2, 0.25) is 0 Å². The fraction of sp³-hybridized carbons (Fsp3) is 0.400. The van der Waals surface area contributed by atoms with Crippen molar-refractivity contribution in [1.29, 1.82) is 0 Å². The summed E-state index contributed by atoms with van der Waals surface area (Å²) >= 11 is 0. The fourth-order valence-electron chi connectivity index (χ4n) is 8.20. The van der Waals surface area contributed by atoms with Crippen molar-refractivity contribution in [1.82, 2.24) is 4.90 Å². The Morgan fingerprint density at radius 1 is 0.778 bits per heavy atom. The molecular formula is C40H43NO13. The van der Waals surface area contributed by atoms with E-state index in [0.717, 1.165) is 45.2 Å². The summed E-state index contributed by atoms with van der Waals surface area (Å²) in [4.78, 5) is 27.4. The van der Waals surface area contributed by atoms with Gasteiger partial charge in [-0.1, -0.05) is 6.07 Å². The quantitative estimate of drug-likeness (QED) is 0.0669. The van der Waals surface area contributed by atoms with Gasteiger partial charge in [0, 0.05) is 31.5 Å². The molecule has 1 aliphatic carbocycles. The Bertz CT molecular complexity index is 2150. The molecule has 14 heteroatoms. The average Bonchev–Trinajstić information content (AvgIpc) is 3.56. The van der Waals surface area contributed by atoms with Gasteiger partial charge in [-0.05, 0) is 100.0 Å². The van der Waals surface area contributed by atoms with Crippen molar-refractivity contribution in [2.75, 3.05) is 28.4 Å². The Morgan fingerprint density at radius 3 is 1.93 bits per heavy atom. The van der Waals surface area contributed by atoms with Gasteiger partial charge in [0.2, 0.25) is 0 Å². The molecule has 7 rings (SSSR count). The summed E-state index contributed by atoms with van der Waals surface area (Å²) in [7, 11) is 6.37. The third-order valence-corrected chi connectivity index (χ3v) is 11.0. The maximum Gasteiger partial charge on any atom is 0.335 e. The zero-order valence-corrected chi connectivity index (χ0v) is 30.3. The van der Waals surface area contributed by atoms with Crippen molar-refractivity contribution < 1.29 is 63.5 Å². The van der Waals surface area contributed by atoms with Crippen LogP contribution in [0.25, 0.3) is 27.6 Å². The third-order valence-electron chi connectivity index (χ3n) is 11.0. The minimum Gasteiger partial charge on any atom is -0.504 e. The molecule has 0 spiro atoms. The SMILES string of the molecule is COc1cc2c3c(c4cc(OC)c(OC)cc4c2cc1OC)CN1C(CCC1OC1CC(O)(C(=O)O)CC(OC(=O)C=Cc2ccc(O)c(O)c2)C1O)C3. The predicted octanol–water partition coefficient (Wildman–Crippen LogP) is 4.27. The summed E-state index contributed by atoms with van der Waals surface area (Å²) in [5.74, 6) is -0.807. The molecule has 1 saturated heterocycles. The van der Waals surface area contributed by atoms with Crippen molar-refractivity contribution in [3.8, 4) is 34.5 Å². The number of carboxylic acids is 1. The number of carboxylic acid groups (broad SMARTS) is 1. The summed E-state index contributed by atoms with van der Waals surface area (Å²) in [5, 5.41) is 55.8. The molecular weight excluding hydrogens is 702 g/mol. The first kappa shape index (κ1) is 37.1. The van der Waals surface area contributed by atoms with E-state index in [4.69, 9.17) is 28.4 Å². The van der Waals surface area contributed by atoms with Crippen LogP contribution in [0, 0.1) is 0 Å². The molecule has 286 valence electrons.